The molecule has 25 heavy (non-hydrogen) atoms. The van der Waals surface area contributed by atoms with E-state index < -0.39 is 6.04 Å². The molecule has 6 heteroatoms. The third-order valence-electron chi connectivity index (χ3n) is 3.60. The van der Waals surface area contributed by atoms with Gasteiger partial charge in [-0.1, -0.05) is 17.7 Å². The number of hydrogen-bond acceptors (Lipinski definition) is 4. The molecular formula is C19H23N3O3. The Hall–Kier alpha value is -3.02. The molecule has 2 rings (SSSR count). The highest BCUT2D eigenvalue weighted by atomic mass is 16.5. The van der Waals surface area contributed by atoms with Crippen LogP contribution in [-0.4, -0.2) is 25.0 Å². The molecule has 0 saturated heterocycles. The molecule has 0 spiro atoms. The Labute approximate surface area is 147 Å². The van der Waals surface area contributed by atoms with E-state index in [0.29, 0.717) is 17.1 Å². The highest BCUT2D eigenvalue weighted by Gasteiger charge is 2.15. The molecule has 6 nitrogen and oxygen atoms in total. The Morgan fingerprint density at radius 1 is 1.00 bits per heavy atom. The van der Waals surface area contributed by atoms with Crippen molar-refractivity contribution in [1.29, 1.82) is 0 Å². The lowest BCUT2D eigenvalue weighted by Gasteiger charge is -2.18. The molecular weight excluding hydrogens is 318 g/mol. The Balaban J connectivity index is 2.09. The summed E-state index contributed by atoms with van der Waals surface area (Å²) in [6, 6.07) is 12.3. The molecule has 132 valence electrons. The molecule has 0 bridgehead atoms. The maximum atomic E-state index is 12.4. The molecule has 0 radical (unpaired) electrons. The predicted molar refractivity (Wildman–Crippen MR) is 100 cm³/mol. The average Bonchev–Trinajstić information content (AvgIpc) is 2.56. The van der Waals surface area contributed by atoms with E-state index in [1.54, 1.807) is 32.2 Å². The van der Waals surface area contributed by atoms with Gasteiger partial charge in [0, 0.05) is 18.3 Å². The number of hydrogen-bond donors (Lipinski definition) is 3. The molecule has 1 atom stereocenters. The number of benzene rings is 2. The zero-order chi connectivity index (χ0) is 18.4. The number of nitrogens with one attached hydrogen (secondary N) is 3. The number of carbonyl (C=O) groups excluding carboxylic acids is 2. The molecule has 0 aliphatic carbocycles. The van der Waals surface area contributed by atoms with Crippen molar-refractivity contribution in [3.63, 3.8) is 0 Å². The molecule has 0 aliphatic rings. The van der Waals surface area contributed by atoms with Crippen molar-refractivity contribution < 1.29 is 14.3 Å². The highest BCUT2D eigenvalue weighted by molar-refractivity contribution is 5.96. The first-order chi connectivity index (χ1) is 11.9. The maximum Gasteiger partial charge on any atom is 0.246 e. The standard InChI is InChI=1S/C19H23N3O3/c1-12-5-7-15(8-6-12)22-19(24)13(2)20-17-11-16(21-14(3)23)9-10-18(17)25-4/h5-11,13,20H,1-4H3,(H,21,23)(H,22,24)/t13-/m1/s1. The highest BCUT2D eigenvalue weighted by Crippen LogP contribution is 2.28. The van der Waals surface area contributed by atoms with Gasteiger partial charge in [-0.3, -0.25) is 9.59 Å². The van der Waals surface area contributed by atoms with Gasteiger partial charge in [0.15, 0.2) is 0 Å². The summed E-state index contributed by atoms with van der Waals surface area (Å²) in [5, 5.41) is 8.69. The number of methoxy groups -OCH3 is 1. The fraction of sp³-hybridized carbons (Fsp3) is 0.263. The quantitative estimate of drug-likeness (QED) is 0.752. The van der Waals surface area contributed by atoms with Gasteiger partial charge in [-0.2, -0.15) is 0 Å². The molecule has 2 amide bonds. The third-order valence-corrected chi connectivity index (χ3v) is 3.60. The fourth-order valence-electron chi connectivity index (χ4n) is 2.29. The van der Waals surface area contributed by atoms with Gasteiger partial charge in [0.25, 0.3) is 0 Å². The number of amides is 2. The van der Waals surface area contributed by atoms with Gasteiger partial charge in [-0.05, 0) is 44.2 Å². The van der Waals surface area contributed by atoms with Gasteiger partial charge in [-0.25, -0.2) is 0 Å². The minimum atomic E-state index is -0.497. The molecule has 3 N–H and O–H groups in total. The van der Waals surface area contributed by atoms with Crippen molar-refractivity contribution in [2.24, 2.45) is 0 Å². The van der Waals surface area contributed by atoms with Crippen molar-refractivity contribution >= 4 is 28.9 Å². The lowest BCUT2D eigenvalue weighted by molar-refractivity contribution is -0.116. The lowest BCUT2D eigenvalue weighted by atomic mass is 10.2. The predicted octanol–water partition coefficient (Wildman–Crippen LogP) is 3.40. The molecule has 2 aromatic carbocycles. The first-order valence-corrected chi connectivity index (χ1v) is 7.98. The van der Waals surface area contributed by atoms with Crippen molar-refractivity contribution in [1.82, 2.24) is 0 Å². The van der Waals surface area contributed by atoms with Crippen LogP contribution in [0, 0.1) is 6.92 Å². The van der Waals surface area contributed by atoms with Gasteiger partial charge >= 0.3 is 0 Å². The minimum absolute atomic E-state index is 0.165. The second kappa shape index (κ2) is 8.19. The van der Waals surface area contributed by atoms with E-state index in [1.165, 1.54) is 6.92 Å². The maximum absolute atomic E-state index is 12.4. The van der Waals surface area contributed by atoms with E-state index in [9.17, 15) is 9.59 Å². The Kier molecular flexibility index (Phi) is 6.00. The van der Waals surface area contributed by atoms with Crippen LogP contribution in [0.15, 0.2) is 42.5 Å². The minimum Gasteiger partial charge on any atom is -0.495 e. The first-order valence-electron chi connectivity index (χ1n) is 7.98. The van der Waals surface area contributed by atoms with Crippen LogP contribution < -0.4 is 20.7 Å². The average molecular weight is 341 g/mol. The zero-order valence-corrected chi connectivity index (χ0v) is 14.8. The molecule has 0 unspecified atom stereocenters. The van der Waals surface area contributed by atoms with Crippen LogP contribution in [0.2, 0.25) is 0 Å². The summed E-state index contributed by atoms with van der Waals surface area (Å²) < 4.78 is 5.31. The van der Waals surface area contributed by atoms with E-state index in [2.05, 4.69) is 16.0 Å². The van der Waals surface area contributed by atoms with Crippen LogP contribution in [0.1, 0.15) is 19.4 Å². The summed E-state index contributed by atoms with van der Waals surface area (Å²) in [5.74, 6) is 0.251. The molecule has 0 saturated carbocycles. The normalized spacial score (nSPS) is 11.4. The summed E-state index contributed by atoms with van der Waals surface area (Å²) in [7, 11) is 1.55. The second-order valence-corrected chi connectivity index (χ2v) is 5.82. The number of ether oxygens (including phenoxy) is 1. The van der Waals surface area contributed by atoms with Crippen molar-refractivity contribution in [2.45, 2.75) is 26.8 Å². The van der Waals surface area contributed by atoms with Gasteiger partial charge in [0.1, 0.15) is 11.8 Å². The van der Waals surface area contributed by atoms with Crippen molar-refractivity contribution in [3.8, 4) is 5.75 Å². The van der Waals surface area contributed by atoms with Gasteiger partial charge < -0.3 is 20.7 Å². The van der Waals surface area contributed by atoms with Crippen LogP contribution in [0.25, 0.3) is 0 Å². The first kappa shape index (κ1) is 18.3. The smallest absolute Gasteiger partial charge is 0.246 e. The van der Waals surface area contributed by atoms with E-state index >= 15 is 0 Å². The van der Waals surface area contributed by atoms with E-state index in [-0.39, 0.29) is 11.8 Å². The Morgan fingerprint density at radius 2 is 1.64 bits per heavy atom. The second-order valence-electron chi connectivity index (χ2n) is 5.82. The SMILES string of the molecule is COc1ccc(NC(C)=O)cc1N[C@H](C)C(=O)Nc1ccc(C)cc1. The zero-order valence-electron chi connectivity index (χ0n) is 14.8. The number of rotatable bonds is 6. The number of aryl methyl sites for hydroxylation is 1. The van der Waals surface area contributed by atoms with Crippen LogP contribution in [0.3, 0.4) is 0 Å². The summed E-state index contributed by atoms with van der Waals surface area (Å²) in [6.07, 6.45) is 0. The van der Waals surface area contributed by atoms with Crippen LogP contribution >= 0.6 is 0 Å². The summed E-state index contributed by atoms with van der Waals surface area (Å²) >= 11 is 0. The fourth-order valence-corrected chi connectivity index (χ4v) is 2.29. The molecule has 0 aromatic heterocycles. The topological polar surface area (TPSA) is 79.5 Å². The molecule has 0 aliphatic heterocycles. The van der Waals surface area contributed by atoms with Crippen molar-refractivity contribution in [3.05, 3.63) is 48.0 Å². The van der Waals surface area contributed by atoms with Gasteiger partial charge in [-0.15, -0.1) is 0 Å². The molecule has 2 aromatic rings. The van der Waals surface area contributed by atoms with Crippen LogP contribution in [0.4, 0.5) is 17.1 Å². The third kappa shape index (κ3) is 5.24. The number of carbonyl (C=O) groups is 2. The largest absolute Gasteiger partial charge is 0.495 e. The van der Waals surface area contributed by atoms with Crippen LogP contribution in [-0.2, 0) is 9.59 Å². The summed E-state index contributed by atoms with van der Waals surface area (Å²) in [6.45, 7) is 5.19. The monoisotopic (exact) mass is 341 g/mol. The Bertz CT molecular complexity index is 757. The summed E-state index contributed by atoms with van der Waals surface area (Å²) in [4.78, 5) is 23.6. The van der Waals surface area contributed by atoms with Crippen LogP contribution in [0.5, 0.6) is 5.75 Å². The summed E-state index contributed by atoms with van der Waals surface area (Å²) in [5.41, 5.74) is 3.12. The molecule has 0 heterocycles. The lowest BCUT2D eigenvalue weighted by Crippen LogP contribution is -2.32. The van der Waals surface area contributed by atoms with E-state index in [4.69, 9.17) is 4.74 Å². The number of anilines is 3. The van der Waals surface area contributed by atoms with Gasteiger partial charge in [0.05, 0.1) is 12.8 Å². The van der Waals surface area contributed by atoms with Crippen molar-refractivity contribution in [2.75, 3.05) is 23.1 Å². The van der Waals surface area contributed by atoms with Gasteiger partial charge in [0.2, 0.25) is 11.8 Å². The molecule has 0 fully saturated rings. The Morgan fingerprint density at radius 3 is 2.24 bits per heavy atom. The van der Waals surface area contributed by atoms with E-state index in [0.717, 1.165) is 11.3 Å². The van der Waals surface area contributed by atoms with E-state index in [1.807, 2.05) is 31.2 Å².